The molecule has 0 aliphatic carbocycles. The summed E-state index contributed by atoms with van der Waals surface area (Å²) in [5, 5.41) is 11.0. The van der Waals surface area contributed by atoms with Crippen molar-refractivity contribution in [3.63, 3.8) is 0 Å². The molecule has 0 aromatic carbocycles. The van der Waals surface area contributed by atoms with Gasteiger partial charge in [0.05, 0.1) is 6.42 Å². The van der Waals surface area contributed by atoms with Crippen molar-refractivity contribution < 1.29 is 19.5 Å². The van der Waals surface area contributed by atoms with E-state index in [-0.39, 0.29) is 5.92 Å². The summed E-state index contributed by atoms with van der Waals surface area (Å²) in [4.78, 5) is 34.3. The lowest BCUT2D eigenvalue weighted by Gasteiger charge is -2.22. The third-order valence-corrected chi connectivity index (χ3v) is 1.99. The zero-order valence-electron chi connectivity index (χ0n) is 10.3. The van der Waals surface area contributed by atoms with Gasteiger partial charge >= 0.3 is 12.0 Å². The van der Waals surface area contributed by atoms with Crippen LogP contribution in [0.4, 0.5) is 4.79 Å². The molecule has 0 aromatic heterocycles. The van der Waals surface area contributed by atoms with Gasteiger partial charge in [-0.05, 0) is 5.92 Å². The summed E-state index contributed by atoms with van der Waals surface area (Å²) in [5.74, 6) is -1.79. The average molecular weight is 245 g/mol. The Hall–Kier alpha value is -1.79. The Morgan fingerprint density at radius 2 is 1.88 bits per heavy atom. The average Bonchev–Trinajstić information content (AvgIpc) is 2.14. The summed E-state index contributed by atoms with van der Waals surface area (Å²) in [6.45, 7) is 4.36. The van der Waals surface area contributed by atoms with Crippen LogP contribution in [0, 0.1) is 5.92 Å². The van der Waals surface area contributed by atoms with Crippen LogP contribution in [0.2, 0.25) is 0 Å². The molecule has 7 heteroatoms. The Morgan fingerprint density at radius 1 is 1.35 bits per heavy atom. The van der Waals surface area contributed by atoms with E-state index in [1.54, 1.807) is 7.05 Å². The van der Waals surface area contributed by atoms with Gasteiger partial charge in [0.2, 0.25) is 5.91 Å². The maximum absolute atomic E-state index is 11.6. The van der Waals surface area contributed by atoms with Gasteiger partial charge in [0.1, 0.15) is 6.04 Å². The van der Waals surface area contributed by atoms with Crippen LogP contribution in [0.15, 0.2) is 0 Å². The van der Waals surface area contributed by atoms with Crippen LogP contribution < -0.4 is 11.1 Å². The molecule has 3 amide bonds. The number of carbonyl (C=O) groups excluding carboxylic acids is 2. The number of carboxylic acid groups (broad SMARTS) is 1. The number of nitrogens with one attached hydrogen (secondary N) is 1. The number of hydrogen-bond donors (Lipinski definition) is 3. The number of hydrogen-bond acceptors (Lipinski definition) is 3. The summed E-state index contributed by atoms with van der Waals surface area (Å²) in [6.07, 6.45) is -0.420. The number of aliphatic carboxylic acids is 1. The maximum atomic E-state index is 11.6. The molecule has 0 unspecified atom stereocenters. The number of carbonyl (C=O) groups is 3. The van der Waals surface area contributed by atoms with E-state index in [1.807, 2.05) is 13.8 Å². The minimum Gasteiger partial charge on any atom is -0.480 e. The molecule has 0 bridgehead atoms. The summed E-state index contributed by atoms with van der Waals surface area (Å²) in [7, 11) is 1.55. The van der Waals surface area contributed by atoms with E-state index in [4.69, 9.17) is 10.8 Å². The Morgan fingerprint density at radius 3 is 2.24 bits per heavy atom. The third-order valence-electron chi connectivity index (χ3n) is 1.99. The Kier molecular flexibility index (Phi) is 6.01. The first kappa shape index (κ1) is 15.2. The van der Waals surface area contributed by atoms with E-state index in [9.17, 15) is 14.4 Å². The fourth-order valence-corrected chi connectivity index (χ4v) is 1.29. The lowest BCUT2D eigenvalue weighted by molar-refractivity contribution is -0.140. The van der Waals surface area contributed by atoms with Crippen LogP contribution in [0.1, 0.15) is 20.3 Å². The van der Waals surface area contributed by atoms with Gasteiger partial charge in [0, 0.05) is 13.6 Å². The smallest absolute Gasteiger partial charge is 0.326 e. The van der Waals surface area contributed by atoms with Crippen molar-refractivity contribution >= 4 is 17.9 Å². The lowest BCUT2D eigenvalue weighted by Crippen LogP contribution is -2.48. The molecule has 17 heavy (non-hydrogen) atoms. The minimum atomic E-state index is -1.28. The fourth-order valence-electron chi connectivity index (χ4n) is 1.29. The van der Waals surface area contributed by atoms with Crippen molar-refractivity contribution in [1.29, 1.82) is 0 Å². The highest BCUT2D eigenvalue weighted by molar-refractivity contribution is 5.87. The fraction of sp³-hybridized carbons (Fsp3) is 0.700. The quantitative estimate of drug-likeness (QED) is 0.591. The summed E-state index contributed by atoms with van der Waals surface area (Å²) in [6, 6.07) is -1.82. The van der Waals surface area contributed by atoms with Crippen LogP contribution in [-0.4, -0.2) is 47.5 Å². The van der Waals surface area contributed by atoms with Crippen molar-refractivity contribution in [3.05, 3.63) is 0 Å². The molecule has 0 saturated carbocycles. The van der Waals surface area contributed by atoms with Crippen LogP contribution in [0.5, 0.6) is 0 Å². The van der Waals surface area contributed by atoms with Gasteiger partial charge in [-0.3, -0.25) is 4.79 Å². The Balaban J connectivity index is 4.39. The number of amides is 3. The van der Waals surface area contributed by atoms with E-state index in [0.29, 0.717) is 6.54 Å². The molecule has 0 saturated heterocycles. The highest BCUT2D eigenvalue weighted by Crippen LogP contribution is 1.98. The van der Waals surface area contributed by atoms with Crippen molar-refractivity contribution in [2.75, 3.05) is 13.6 Å². The molecule has 0 aliphatic heterocycles. The van der Waals surface area contributed by atoms with Crippen LogP contribution in [0.3, 0.4) is 0 Å². The van der Waals surface area contributed by atoms with Gasteiger partial charge in [-0.2, -0.15) is 0 Å². The second-order valence-electron chi connectivity index (χ2n) is 4.29. The first-order chi connectivity index (χ1) is 7.73. The van der Waals surface area contributed by atoms with Crippen LogP contribution in [0.25, 0.3) is 0 Å². The lowest BCUT2D eigenvalue weighted by atomic mass is 10.2. The van der Waals surface area contributed by atoms with Crippen molar-refractivity contribution in [3.8, 4) is 0 Å². The Labute approximate surface area is 100.0 Å². The minimum absolute atomic E-state index is 0.269. The zero-order valence-corrected chi connectivity index (χ0v) is 10.3. The molecular weight excluding hydrogens is 226 g/mol. The van der Waals surface area contributed by atoms with Crippen LogP contribution in [-0.2, 0) is 9.59 Å². The zero-order chi connectivity index (χ0) is 13.6. The highest BCUT2D eigenvalue weighted by Gasteiger charge is 2.23. The molecule has 0 heterocycles. The van der Waals surface area contributed by atoms with E-state index >= 15 is 0 Å². The first-order valence-corrected chi connectivity index (χ1v) is 5.26. The monoisotopic (exact) mass is 245 g/mol. The number of carboxylic acids is 1. The van der Waals surface area contributed by atoms with Gasteiger partial charge in [-0.25, -0.2) is 9.59 Å². The second-order valence-corrected chi connectivity index (χ2v) is 4.29. The third kappa shape index (κ3) is 6.39. The molecule has 0 radical (unpaired) electrons. The molecular formula is C10H19N3O4. The number of primary amides is 1. The van der Waals surface area contributed by atoms with Crippen molar-refractivity contribution in [2.45, 2.75) is 26.3 Å². The molecule has 98 valence electrons. The molecule has 0 fully saturated rings. The molecule has 7 nitrogen and oxygen atoms in total. The number of rotatable bonds is 6. The molecule has 0 rings (SSSR count). The normalized spacial score (nSPS) is 12.0. The highest BCUT2D eigenvalue weighted by atomic mass is 16.4. The van der Waals surface area contributed by atoms with Gasteiger partial charge in [0.15, 0.2) is 0 Å². The van der Waals surface area contributed by atoms with Gasteiger partial charge in [0.25, 0.3) is 0 Å². The standard InChI is InChI=1S/C10H19N3O4/c1-6(2)5-13(3)10(17)12-7(9(15)16)4-8(11)14/h6-7H,4-5H2,1-3H3,(H2,11,14)(H,12,17)(H,15,16)/t7-/m1/s1. The predicted octanol–water partition coefficient (Wildman–Crippen LogP) is -0.388. The second kappa shape index (κ2) is 6.72. The van der Waals surface area contributed by atoms with Gasteiger partial charge < -0.3 is 21.1 Å². The molecule has 0 aromatic rings. The molecule has 0 aliphatic rings. The summed E-state index contributed by atoms with van der Waals surface area (Å²) in [5.41, 5.74) is 4.90. The van der Waals surface area contributed by atoms with Crippen molar-refractivity contribution in [2.24, 2.45) is 11.7 Å². The van der Waals surface area contributed by atoms with E-state index < -0.39 is 30.4 Å². The Bertz CT molecular complexity index is 304. The van der Waals surface area contributed by atoms with Gasteiger partial charge in [-0.1, -0.05) is 13.8 Å². The van der Waals surface area contributed by atoms with Gasteiger partial charge in [-0.15, -0.1) is 0 Å². The topological polar surface area (TPSA) is 113 Å². The van der Waals surface area contributed by atoms with E-state index in [0.717, 1.165) is 0 Å². The predicted molar refractivity (Wildman–Crippen MR) is 61.2 cm³/mol. The number of urea groups is 1. The number of nitrogens with two attached hydrogens (primary N) is 1. The SMILES string of the molecule is CC(C)CN(C)C(=O)N[C@H](CC(N)=O)C(=O)O. The number of nitrogens with zero attached hydrogens (tertiary/aromatic N) is 1. The summed E-state index contributed by atoms with van der Waals surface area (Å²) < 4.78 is 0. The van der Waals surface area contributed by atoms with E-state index in [1.165, 1.54) is 4.90 Å². The molecule has 1 atom stereocenters. The summed E-state index contributed by atoms with van der Waals surface area (Å²) >= 11 is 0. The maximum Gasteiger partial charge on any atom is 0.326 e. The molecule has 4 N–H and O–H groups in total. The first-order valence-electron chi connectivity index (χ1n) is 5.26. The van der Waals surface area contributed by atoms with E-state index in [2.05, 4.69) is 5.32 Å². The molecule has 0 spiro atoms. The van der Waals surface area contributed by atoms with Crippen LogP contribution >= 0.6 is 0 Å². The largest absolute Gasteiger partial charge is 0.480 e. The van der Waals surface area contributed by atoms with Crippen molar-refractivity contribution in [1.82, 2.24) is 10.2 Å².